The lowest BCUT2D eigenvalue weighted by Crippen LogP contribution is -2.25. The van der Waals surface area contributed by atoms with Gasteiger partial charge in [0, 0.05) is 13.2 Å². The molecule has 1 rings (SSSR count). The molecule has 0 spiro atoms. The van der Waals surface area contributed by atoms with E-state index in [0.29, 0.717) is 11.7 Å². The Bertz CT molecular complexity index is 244. The van der Waals surface area contributed by atoms with E-state index in [4.69, 9.17) is 10.8 Å². The van der Waals surface area contributed by atoms with Crippen LogP contribution < -0.4 is 5.73 Å². The van der Waals surface area contributed by atoms with Crippen molar-refractivity contribution in [2.24, 2.45) is 13.0 Å². The molecular formula is C10H21N3O. The van der Waals surface area contributed by atoms with Crippen LogP contribution >= 0.6 is 0 Å². The highest BCUT2D eigenvalue weighted by Gasteiger charge is 2.16. The Morgan fingerprint density at radius 2 is 1.93 bits per heavy atom. The Hall–Kier alpha value is -1.03. The number of nitrogen functional groups attached to an aromatic ring is 1. The summed E-state index contributed by atoms with van der Waals surface area (Å²) in [6, 6.07) is 1.75. The van der Waals surface area contributed by atoms with E-state index >= 15 is 0 Å². The molecule has 0 saturated heterocycles. The second-order valence-corrected chi connectivity index (χ2v) is 4.22. The van der Waals surface area contributed by atoms with Gasteiger partial charge in [-0.25, -0.2) is 0 Å². The van der Waals surface area contributed by atoms with E-state index in [1.165, 1.54) is 0 Å². The number of aliphatic hydroxyl groups is 1. The summed E-state index contributed by atoms with van der Waals surface area (Å²) in [5, 5.41) is 12.9. The van der Waals surface area contributed by atoms with Crippen LogP contribution in [0.1, 0.15) is 27.7 Å². The molecular weight excluding hydrogens is 178 g/mol. The zero-order chi connectivity index (χ0) is 11.4. The molecule has 0 amide bonds. The van der Waals surface area contributed by atoms with Gasteiger partial charge in [-0.1, -0.05) is 13.8 Å². The maximum Gasteiger partial charge on any atom is 0.145 e. The van der Waals surface area contributed by atoms with Gasteiger partial charge in [0.15, 0.2) is 0 Å². The number of rotatable bonds is 1. The van der Waals surface area contributed by atoms with Crippen LogP contribution in [0.15, 0.2) is 12.3 Å². The Balaban J connectivity index is 0.000000241. The molecule has 82 valence electrons. The van der Waals surface area contributed by atoms with Crippen LogP contribution in [0.3, 0.4) is 0 Å². The Morgan fingerprint density at radius 3 is 2.00 bits per heavy atom. The first-order valence-corrected chi connectivity index (χ1v) is 4.71. The predicted molar refractivity (Wildman–Crippen MR) is 58.8 cm³/mol. The molecule has 0 unspecified atom stereocenters. The van der Waals surface area contributed by atoms with Gasteiger partial charge < -0.3 is 10.8 Å². The van der Waals surface area contributed by atoms with E-state index in [9.17, 15) is 0 Å². The summed E-state index contributed by atoms with van der Waals surface area (Å²) in [5.41, 5.74) is 4.75. The van der Waals surface area contributed by atoms with Crippen LogP contribution in [0.5, 0.6) is 0 Å². The Morgan fingerprint density at radius 1 is 1.50 bits per heavy atom. The monoisotopic (exact) mass is 199 g/mol. The molecule has 0 aromatic carbocycles. The first kappa shape index (κ1) is 13.0. The molecule has 1 aromatic rings. The van der Waals surface area contributed by atoms with Crippen molar-refractivity contribution in [3.8, 4) is 0 Å². The summed E-state index contributed by atoms with van der Waals surface area (Å²) < 4.78 is 1.66. The number of anilines is 1. The summed E-state index contributed by atoms with van der Waals surface area (Å²) in [7, 11) is 1.83. The average molecular weight is 199 g/mol. The summed E-state index contributed by atoms with van der Waals surface area (Å²) in [5.74, 6) is 0.926. The molecule has 0 aliphatic carbocycles. The van der Waals surface area contributed by atoms with Gasteiger partial charge in [0.2, 0.25) is 0 Å². The van der Waals surface area contributed by atoms with E-state index in [2.05, 4.69) is 5.10 Å². The van der Waals surface area contributed by atoms with E-state index in [1.807, 2.05) is 34.7 Å². The van der Waals surface area contributed by atoms with Gasteiger partial charge in [0.05, 0.1) is 5.60 Å². The zero-order valence-electron chi connectivity index (χ0n) is 9.65. The lowest BCUT2D eigenvalue weighted by molar-refractivity contribution is 0.0327. The molecule has 4 nitrogen and oxygen atoms in total. The van der Waals surface area contributed by atoms with Crippen molar-refractivity contribution >= 4 is 5.82 Å². The maximum atomic E-state index is 9.09. The Kier molecular flexibility index (Phi) is 4.63. The van der Waals surface area contributed by atoms with Crippen LogP contribution in [0.25, 0.3) is 0 Å². The van der Waals surface area contributed by atoms with Crippen molar-refractivity contribution in [3.63, 3.8) is 0 Å². The third-order valence-corrected chi connectivity index (χ3v) is 2.15. The molecule has 4 heteroatoms. The fourth-order valence-electron chi connectivity index (χ4n) is 0.433. The first-order chi connectivity index (χ1) is 6.23. The van der Waals surface area contributed by atoms with Crippen molar-refractivity contribution in [2.45, 2.75) is 33.3 Å². The molecule has 0 bridgehead atoms. The normalized spacial score (nSPS) is 11.1. The van der Waals surface area contributed by atoms with Crippen LogP contribution in [-0.4, -0.2) is 20.5 Å². The van der Waals surface area contributed by atoms with Gasteiger partial charge in [0.1, 0.15) is 5.82 Å². The third-order valence-electron chi connectivity index (χ3n) is 2.15. The quantitative estimate of drug-likeness (QED) is 0.719. The minimum absolute atomic E-state index is 0.354. The van der Waals surface area contributed by atoms with E-state index in [1.54, 1.807) is 16.9 Å². The van der Waals surface area contributed by atoms with Gasteiger partial charge in [-0.05, 0) is 25.8 Å². The molecule has 0 radical (unpaired) electrons. The van der Waals surface area contributed by atoms with E-state index in [-0.39, 0.29) is 0 Å². The largest absolute Gasteiger partial charge is 0.390 e. The average Bonchev–Trinajstić information content (AvgIpc) is 2.33. The number of aryl methyl sites for hydroxylation is 1. The van der Waals surface area contributed by atoms with Crippen LogP contribution in [0, 0.1) is 5.92 Å². The number of hydrogen-bond acceptors (Lipinski definition) is 3. The van der Waals surface area contributed by atoms with Crippen molar-refractivity contribution in [1.82, 2.24) is 9.78 Å². The van der Waals surface area contributed by atoms with Crippen LogP contribution in [0.4, 0.5) is 5.82 Å². The lowest BCUT2D eigenvalue weighted by Gasteiger charge is -2.21. The second-order valence-electron chi connectivity index (χ2n) is 4.22. The van der Waals surface area contributed by atoms with Gasteiger partial charge in [-0.15, -0.1) is 0 Å². The topological polar surface area (TPSA) is 64.1 Å². The molecule has 1 aromatic heterocycles. The highest BCUT2D eigenvalue weighted by molar-refractivity contribution is 5.23. The third kappa shape index (κ3) is 5.59. The molecule has 14 heavy (non-hydrogen) atoms. The van der Waals surface area contributed by atoms with Gasteiger partial charge in [0.25, 0.3) is 0 Å². The van der Waals surface area contributed by atoms with Crippen LogP contribution in [0.2, 0.25) is 0 Å². The number of hydrogen-bond donors (Lipinski definition) is 2. The lowest BCUT2D eigenvalue weighted by atomic mass is 9.95. The highest BCUT2D eigenvalue weighted by Crippen LogP contribution is 2.12. The number of aromatic nitrogens is 2. The molecule has 3 N–H and O–H groups in total. The van der Waals surface area contributed by atoms with Crippen LogP contribution in [-0.2, 0) is 7.05 Å². The Labute approximate surface area is 85.7 Å². The van der Waals surface area contributed by atoms with Gasteiger partial charge in [-0.3, -0.25) is 4.68 Å². The fourth-order valence-corrected chi connectivity index (χ4v) is 0.433. The summed E-state index contributed by atoms with van der Waals surface area (Å²) in [6.45, 7) is 7.63. The van der Waals surface area contributed by atoms with Crippen molar-refractivity contribution in [1.29, 1.82) is 0 Å². The standard InChI is InChI=1S/C6H14O.C4H7N3/c1-5(2)6(3,4)7;1-7-3-2-4(5)6-7/h5,7H,1-4H3;2-3H,1H3,(H2,5,6). The molecule has 0 atom stereocenters. The fraction of sp³-hybridized carbons (Fsp3) is 0.700. The number of nitrogens with zero attached hydrogens (tertiary/aromatic N) is 2. The minimum atomic E-state index is -0.500. The molecule has 0 aliphatic rings. The van der Waals surface area contributed by atoms with Crippen molar-refractivity contribution in [2.75, 3.05) is 5.73 Å². The number of nitrogens with two attached hydrogens (primary N) is 1. The molecule has 1 heterocycles. The van der Waals surface area contributed by atoms with Gasteiger partial charge >= 0.3 is 0 Å². The van der Waals surface area contributed by atoms with Crippen molar-refractivity contribution in [3.05, 3.63) is 12.3 Å². The predicted octanol–water partition coefficient (Wildman–Crippen LogP) is 1.42. The second kappa shape index (κ2) is 5.00. The summed E-state index contributed by atoms with van der Waals surface area (Å²) in [4.78, 5) is 0. The first-order valence-electron chi connectivity index (χ1n) is 4.71. The highest BCUT2D eigenvalue weighted by atomic mass is 16.3. The molecule has 0 fully saturated rings. The minimum Gasteiger partial charge on any atom is -0.390 e. The molecule has 0 aliphatic heterocycles. The van der Waals surface area contributed by atoms with E-state index < -0.39 is 5.60 Å². The van der Waals surface area contributed by atoms with Crippen molar-refractivity contribution < 1.29 is 5.11 Å². The van der Waals surface area contributed by atoms with E-state index in [0.717, 1.165) is 0 Å². The maximum absolute atomic E-state index is 9.09. The summed E-state index contributed by atoms with van der Waals surface area (Å²) >= 11 is 0. The zero-order valence-corrected chi connectivity index (χ0v) is 9.65. The molecule has 0 saturated carbocycles. The summed E-state index contributed by atoms with van der Waals surface area (Å²) in [6.07, 6.45) is 1.80. The van der Waals surface area contributed by atoms with Gasteiger partial charge in [-0.2, -0.15) is 5.10 Å². The smallest absolute Gasteiger partial charge is 0.145 e. The SMILES string of the molecule is CC(C)C(C)(C)O.Cn1ccc(N)n1.